The number of halogens is 1. The highest BCUT2D eigenvalue weighted by Crippen LogP contribution is 2.07. The minimum atomic E-state index is -0.111. The number of nitrogens with zero attached hydrogens (tertiary/aromatic N) is 2. The molecule has 0 unspecified atom stereocenters. The standard InChI is InChI=1S/C8H7BrN2O/c1-11-5-7(9)4-6(2-3-10)8(11)12/h4-5H,2H2,1H3. The minimum Gasteiger partial charge on any atom is -0.317 e. The molecule has 0 radical (unpaired) electrons. The van der Waals surface area contributed by atoms with E-state index in [9.17, 15) is 4.79 Å². The molecule has 0 bridgehead atoms. The summed E-state index contributed by atoms with van der Waals surface area (Å²) in [6.07, 6.45) is 1.83. The van der Waals surface area contributed by atoms with Crippen LogP contribution in [-0.2, 0) is 13.5 Å². The summed E-state index contributed by atoms with van der Waals surface area (Å²) in [4.78, 5) is 11.3. The summed E-state index contributed by atoms with van der Waals surface area (Å²) >= 11 is 3.25. The van der Waals surface area contributed by atoms with Gasteiger partial charge in [-0.2, -0.15) is 5.26 Å². The van der Waals surface area contributed by atoms with Crippen LogP contribution in [0.1, 0.15) is 5.56 Å². The average molecular weight is 227 g/mol. The zero-order valence-electron chi connectivity index (χ0n) is 6.54. The van der Waals surface area contributed by atoms with Crippen LogP contribution in [0.15, 0.2) is 21.5 Å². The first-order valence-electron chi connectivity index (χ1n) is 3.37. The topological polar surface area (TPSA) is 45.8 Å². The van der Waals surface area contributed by atoms with E-state index in [2.05, 4.69) is 15.9 Å². The smallest absolute Gasteiger partial charge is 0.254 e. The van der Waals surface area contributed by atoms with Gasteiger partial charge in [0.1, 0.15) is 0 Å². The van der Waals surface area contributed by atoms with E-state index in [0.29, 0.717) is 5.56 Å². The van der Waals surface area contributed by atoms with Gasteiger partial charge in [0.25, 0.3) is 5.56 Å². The number of nitriles is 1. The summed E-state index contributed by atoms with van der Waals surface area (Å²) in [6.45, 7) is 0. The normalized spacial score (nSPS) is 9.42. The second kappa shape index (κ2) is 3.55. The molecule has 12 heavy (non-hydrogen) atoms. The Kier molecular flexibility index (Phi) is 2.66. The molecule has 0 aliphatic rings. The number of aryl methyl sites for hydroxylation is 1. The van der Waals surface area contributed by atoms with Crippen LogP contribution >= 0.6 is 15.9 Å². The van der Waals surface area contributed by atoms with Gasteiger partial charge in [0, 0.05) is 23.3 Å². The summed E-state index contributed by atoms with van der Waals surface area (Å²) in [6, 6.07) is 3.62. The van der Waals surface area contributed by atoms with Crippen LogP contribution in [0.5, 0.6) is 0 Å². The van der Waals surface area contributed by atoms with Gasteiger partial charge in [-0.1, -0.05) is 0 Å². The third kappa shape index (κ3) is 1.74. The molecule has 1 heterocycles. The Hall–Kier alpha value is -1.08. The molecule has 62 valence electrons. The van der Waals surface area contributed by atoms with Gasteiger partial charge in [-0.3, -0.25) is 4.79 Å². The van der Waals surface area contributed by atoms with Crippen molar-refractivity contribution in [3.05, 3.63) is 32.7 Å². The van der Waals surface area contributed by atoms with Crippen LogP contribution in [0, 0.1) is 11.3 Å². The van der Waals surface area contributed by atoms with Crippen molar-refractivity contribution in [2.45, 2.75) is 6.42 Å². The van der Waals surface area contributed by atoms with Crippen LogP contribution in [0.25, 0.3) is 0 Å². The number of aromatic nitrogens is 1. The maximum atomic E-state index is 11.3. The van der Waals surface area contributed by atoms with E-state index in [1.807, 2.05) is 6.07 Å². The van der Waals surface area contributed by atoms with Crippen molar-refractivity contribution in [2.24, 2.45) is 7.05 Å². The zero-order valence-corrected chi connectivity index (χ0v) is 8.13. The monoisotopic (exact) mass is 226 g/mol. The fraction of sp³-hybridized carbons (Fsp3) is 0.250. The molecule has 0 fully saturated rings. The predicted molar refractivity (Wildman–Crippen MR) is 48.7 cm³/mol. The lowest BCUT2D eigenvalue weighted by atomic mass is 10.2. The molecule has 1 aromatic rings. The number of pyridine rings is 1. The molecule has 0 atom stereocenters. The average Bonchev–Trinajstić information content (AvgIpc) is 2.00. The van der Waals surface area contributed by atoms with E-state index in [1.165, 1.54) is 4.57 Å². The van der Waals surface area contributed by atoms with Crippen molar-refractivity contribution in [2.75, 3.05) is 0 Å². The maximum absolute atomic E-state index is 11.3. The van der Waals surface area contributed by atoms with Crippen molar-refractivity contribution in [3.8, 4) is 6.07 Å². The third-order valence-corrected chi connectivity index (χ3v) is 1.93. The second-order valence-corrected chi connectivity index (χ2v) is 3.35. The maximum Gasteiger partial charge on any atom is 0.254 e. The summed E-state index contributed by atoms with van der Waals surface area (Å²) in [5.74, 6) is 0. The number of hydrogen-bond acceptors (Lipinski definition) is 2. The van der Waals surface area contributed by atoms with Gasteiger partial charge in [-0.15, -0.1) is 0 Å². The largest absolute Gasteiger partial charge is 0.317 e. The summed E-state index contributed by atoms with van der Waals surface area (Å²) < 4.78 is 2.27. The van der Waals surface area contributed by atoms with Gasteiger partial charge in [0.2, 0.25) is 0 Å². The summed E-state index contributed by atoms with van der Waals surface area (Å²) in [7, 11) is 1.66. The van der Waals surface area contributed by atoms with Gasteiger partial charge in [-0.25, -0.2) is 0 Å². The third-order valence-electron chi connectivity index (χ3n) is 1.49. The quantitative estimate of drug-likeness (QED) is 0.723. The first-order valence-corrected chi connectivity index (χ1v) is 4.16. The predicted octanol–water partition coefficient (Wildman–Crippen LogP) is 1.21. The molecule has 1 rings (SSSR count). The number of hydrogen-bond donors (Lipinski definition) is 0. The summed E-state index contributed by atoms with van der Waals surface area (Å²) in [5.41, 5.74) is 0.411. The van der Waals surface area contributed by atoms with Crippen molar-refractivity contribution in [1.82, 2.24) is 4.57 Å². The lowest BCUT2D eigenvalue weighted by Crippen LogP contribution is -2.19. The molecule has 4 heteroatoms. The Morgan fingerprint density at radius 3 is 3.00 bits per heavy atom. The van der Waals surface area contributed by atoms with Crippen molar-refractivity contribution < 1.29 is 0 Å². The van der Waals surface area contributed by atoms with E-state index < -0.39 is 0 Å². The molecule has 0 saturated heterocycles. The van der Waals surface area contributed by atoms with Crippen LogP contribution in [-0.4, -0.2) is 4.57 Å². The van der Waals surface area contributed by atoms with Crippen LogP contribution in [0.4, 0.5) is 0 Å². The fourth-order valence-corrected chi connectivity index (χ4v) is 1.53. The molecular formula is C8H7BrN2O. The Morgan fingerprint density at radius 1 is 1.75 bits per heavy atom. The Labute approximate surface area is 78.4 Å². The highest BCUT2D eigenvalue weighted by molar-refractivity contribution is 9.10. The van der Waals surface area contributed by atoms with Crippen LogP contribution in [0.3, 0.4) is 0 Å². The van der Waals surface area contributed by atoms with Gasteiger partial charge in [0.05, 0.1) is 12.5 Å². The minimum absolute atomic E-state index is 0.111. The Bertz CT molecular complexity index is 389. The first-order chi connectivity index (χ1) is 5.65. The second-order valence-electron chi connectivity index (χ2n) is 2.43. The molecule has 0 aromatic carbocycles. The van der Waals surface area contributed by atoms with Crippen LogP contribution in [0.2, 0.25) is 0 Å². The van der Waals surface area contributed by atoms with Gasteiger partial charge < -0.3 is 4.57 Å². The summed E-state index contributed by atoms with van der Waals surface area (Å²) in [5, 5.41) is 8.41. The number of rotatable bonds is 1. The van der Waals surface area contributed by atoms with E-state index in [0.717, 1.165) is 4.47 Å². The van der Waals surface area contributed by atoms with E-state index in [1.54, 1.807) is 19.3 Å². The molecular weight excluding hydrogens is 220 g/mol. The van der Waals surface area contributed by atoms with E-state index in [-0.39, 0.29) is 12.0 Å². The molecule has 0 aliphatic carbocycles. The zero-order chi connectivity index (χ0) is 9.14. The van der Waals surface area contributed by atoms with Gasteiger partial charge in [-0.05, 0) is 22.0 Å². The highest BCUT2D eigenvalue weighted by Gasteiger charge is 2.01. The molecule has 0 aliphatic heterocycles. The lowest BCUT2D eigenvalue weighted by molar-refractivity contribution is 0.837. The first kappa shape index (κ1) is 9.01. The lowest BCUT2D eigenvalue weighted by Gasteiger charge is -2.00. The Balaban J connectivity index is 3.30. The fourth-order valence-electron chi connectivity index (χ4n) is 0.947. The molecule has 1 aromatic heterocycles. The molecule has 0 N–H and O–H groups in total. The van der Waals surface area contributed by atoms with Crippen LogP contribution < -0.4 is 5.56 Å². The molecule has 0 amide bonds. The molecule has 0 saturated carbocycles. The molecule has 3 nitrogen and oxygen atoms in total. The van der Waals surface area contributed by atoms with Crippen molar-refractivity contribution >= 4 is 15.9 Å². The van der Waals surface area contributed by atoms with Crippen molar-refractivity contribution in [1.29, 1.82) is 5.26 Å². The van der Waals surface area contributed by atoms with E-state index in [4.69, 9.17) is 5.26 Å². The SMILES string of the molecule is Cn1cc(Br)cc(CC#N)c1=O. The Morgan fingerprint density at radius 2 is 2.42 bits per heavy atom. The van der Waals surface area contributed by atoms with E-state index >= 15 is 0 Å². The van der Waals surface area contributed by atoms with Crippen molar-refractivity contribution in [3.63, 3.8) is 0 Å². The van der Waals surface area contributed by atoms with Gasteiger partial charge >= 0.3 is 0 Å². The van der Waals surface area contributed by atoms with Gasteiger partial charge in [0.15, 0.2) is 0 Å². The molecule has 0 spiro atoms. The highest BCUT2D eigenvalue weighted by atomic mass is 79.9.